The van der Waals surface area contributed by atoms with Gasteiger partial charge >= 0.3 is 0 Å². The minimum atomic E-state index is -3.64. The summed E-state index contributed by atoms with van der Waals surface area (Å²) in [6.07, 6.45) is -0.324. The van der Waals surface area contributed by atoms with Gasteiger partial charge in [0.05, 0.1) is 27.3 Å². The van der Waals surface area contributed by atoms with Crippen LogP contribution in [-0.4, -0.2) is 48.9 Å². The number of anilines is 1. The zero-order chi connectivity index (χ0) is 22.3. The lowest BCUT2D eigenvalue weighted by molar-refractivity contribution is -0.0440. The van der Waals surface area contributed by atoms with Crippen LogP contribution in [0.25, 0.3) is 10.2 Å². The number of fused-ring (bicyclic) bond motifs is 1. The summed E-state index contributed by atoms with van der Waals surface area (Å²) in [5, 5.41) is 3.34. The maximum Gasteiger partial charge on any atom is 0.257 e. The third-order valence-electron chi connectivity index (χ3n) is 5.18. The van der Waals surface area contributed by atoms with Gasteiger partial charge in [0.2, 0.25) is 10.0 Å². The van der Waals surface area contributed by atoms with E-state index in [9.17, 15) is 13.2 Å². The standard InChI is InChI=1S/C22H25N3O4S2/c1-13-9-14(2)20-19(10-13)23-22(30-20)24-21(26)17-5-7-18(8-6-17)31(27,28)25-11-15(3)29-16(4)12-25/h5-10,15-16H,11-12H2,1-4H3,(H,23,24,26). The number of hydrogen-bond donors (Lipinski definition) is 1. The predicted octanol–water partition coefficient (Wildman–Crippen LogP) is 3.96. The number of sulfonamides is 1. The Morgan fingerprint density at radius 2 is 1.77 bits per heavy atom. The van der Waals surface area contributed by atoms with Crippen molar-refractivity contribution < 1.29 is 17.9 Å². The number of nitrogens with one attached hydrogen (secondary N) is 1. The van der Waals surface area contributed by atoms with E-state index in [0.717, 1.165) is 21.3 Å². The molecule has 2 unspecified atom stereocenters. The number of carbonyl (C=O) groups excluding carboxylic acids is 1. The third kappa shape index (κ3) is 4.50. The second-order valence-corrected chi connectivity index (χ2v) is 10.9. The molecule has 1 aliphatic rings. The fourth-order valence-electron chi connectivity index (χ4n) is 3.85. The van der Waals surface area contributed by atoms with Crippen LogP contribution in [0.15, 0.2) is 41.3 Å². The second kappa shape index (κ2) is 8.31. The normalized spacial score (nSPS) is 20.1. The van der Waals surface area contributed by atoms with E-state index in [2.05, 4.69) is 16.4 Å². The average molecular weight is 460 g/mol. The van der Waals surface area contributed by atoms with Crippen LogP contribution < -0.4 is 5.32 Å². The quantitative estimate of drug-likeness (QED) is 0.638. The zero-order valence-corrected chi connectivity index (χ0v) is 19.5. The Morgan fingerprint density at radius 3 is 2.42 bits per heavy atom. The van der Waals surface area contributed by atoms with Crippen LogP contribution >= 0.6 is 11.3 Å². The van der Waals surface area contributed by atoms with Gasteiger partial charge < -0.3 is 4.74 Å². The van der Waals surface area contributed by atoms with Gasteiger partial charge in [0.15, 0.2) is 5.13 Å². The molecule has 2 heterocycles. The Bertz CT molecular complexity index is 1230. The first-order valence-corrected chi connectivity index (χ1v) is 12.3. The van der Waals surface area contributed by atoms with Gasteiger partial charge in [-0.2, -0.15) is 4.31 Å². The van der Waals surface area contributed by atoms with Crippen LogP contribution in [0.3, 0.4) is 0 Å². The van der Waals surface area contributed by atoms with Gasteiger partial charge in [-0.3, -0.25) is 10.1 Å². The number of aromatic nitrogens is 1. The molecule has 9 heteroatoms. The summed E-state index contributed by atoms with van der Waals surface area (Å²) in [5.41, 5.74) is 3.46. The number of amides is 1. The molecular weight excluding hydrogens is 434 g/mol. The molecule has 1 aliphatic heterocycles. The van der Waals surface area contributed by atoms with Crippen molar-refractivity contribution in [2.24, 2.45) is 0 Å². The van der Waals surface area contributed by atoms with Gasteiger partial charge in [-0.15, -0.1) is 0 Å². The van der Waals surface area contributed by atoms with Crippen molar-refractivity contribution in [1.82, 2.24) is 9.29 Å². The van der Waals surface area contributed by atoms with Crippen molar-refractivity contribution in [2.75, 3.05) is 18.4 Å². The summed E-state index contributed by atoms with van der Waals surface area (Å²) < 4.78 is 34.0. The van der Waals surface area contributed by atoms with Crippen LogP contribution in [0.4, 0.5) is 5.13 Å². The number of hydrogen-bond acceptors (Lipinski definition) is 6. The van der Waals surface area contributed by atoms with Gasteiger partial charge in [0.1, 0.15) is 0 Å². The van der Waals surface area contributed by atoms with Crippen LogP contribution in [-0.2, 0) is 14.8 Å². The summed E-state index contributed by atoms with van der Waals surface area (Å²) in [4.78, 5) is 17.3. The van der Waals surface area contributed by atoms with Gasteiger partial charge in [-0.05, 0) is 69.2 Å². The van der Waals surface area contributed by atoms with Gasteiger partial charge in [-0.1, -0.05) is 17.4 Å². The summed E-state index contributed by atoms with van der Waals surface area (Å²) >= 11 is 1.42. The topological polar surface area (TPSA) is 88.6 Å². The molecule has 164 valence electrons. The fraction of sp³-hybridized carbons (Fsp3) is 0.364. The van der Waals surface area contributed by atoms with Crippen molar-refractivity contribution in [3.8, 4) is 0 Å². The Labute approximate surface area is 186 Å². The van der Waals surface area contributed by atoms with E-state index in [1.54, 1.807) is 0 Å². The Kier molecular flexibility index (Phi) is 5.87. The van der Waals surface area contributed by atoms with E-state index in [4.69, 9.17) is 4.74 Å². The Morgan fingerprint density at radius 1 is 1.13 bits per heavy atom. The van der Waals surface area contributed by atoms with E-state index < -0.39 is 10.0 Å². The van der Waals surface area contributed by atoms with Crippen LogP contribution in [0.5, 0.6) is 0 Å². The molecule has 7 nitrogen and oxygen atoms in total. The summed E-state index contributed by atoms with van der Waals surface area (Å²) in [6, 6.07) is 10.1. The number of rotatable bonds is 4. The monoisotopic (exact) mass is 459 g/mol. The number of benzene rings is 2. The zero-order valence-electron chi connectivity index (χ0n) is 17.9. The molecule has 4 rings (SSSR count). The van der Waals surface area contributed by atoms with E-state index in [1.165, 1.54) is 39.9 Å². The highest BCUT2D eigenvalue weighted by atomic mass is 32.2. The summed E-state index contributed by atoms with van der Waals surface area (Å²) in [5.74, 6) is -0.328. The number of morpholine rings is 1. The molecule has 1 aromatic heterocycles. The molecule has 1 amide bonds. The van der Waals surface area contributed by atoms with E-state index >= 15 is 0 Å². The van der Waals surface area contributed by atoms with Gasteiger partial charge in [0.25, 0.3) is 5.91 Å². The Balaban J connectivity index is 1.51. The smallest absolute Gasteiger partial charge is 0.257 e. The number of aryl methyl sites for hydroxylation is 2. The van der Waals surface area contributed by atoms with Crippen LogP contribution in [0.1, 0.15) is 35.3 Å². The second-order valence-electron chi connectivity index (χ2n) is 8.01. The molecule has 31 heavy (non-hydrogen) atoms. The van der Waals surface area contributed by atoms with Crippen molar-refractivity contribution in [1.29, 1.82) is 0 Å². The minimum absolute atomic E-state index is 0.162. The van der Waals surface area contributed by atoms with E-state index in [0.29, 0.717) is 23.8 Å². The van der Waals surface area contributed by atoms with Crippen molar-refractivity contribution >= 4 is 42.6 Å². The molecule has 3 aromatic rings. The van der Waals surface area contributed by atoms with Crippen LogP contribution in [0.2, 0.25) is 0 Å². The summed E-state index contributed by atoms with van der Waals surface area (Å²) in [7, 11) is -3.64. The Hall–Kier alpha value is -2.33. The molecule has 0 radical (unpaired) electrons. The van der Waals surface area contributed by atoms with E-state index in [1.807, 2.05) is 33.8 Å². The lowest BCUT2D eigenvalue weighted by Crippen LogP contribution is -2.48. The predicted molar refractivity (Wildman–Crippen MR) is 122 cm³/mol. The van der Waals surface area contributed by atoms with E-state index in [-0.39, 0.29) is 23.0 Å². The highest BCUT2D eigenvalue weighted by Gasteiger charge is 2.32. The molecule has 1 N–H and O–H groups in total. The highest BCUT2D eigenvalue weighted by Crippen LogP contribution is 2.30. The number of nitrogens with zero attached hydrogens (tertiary/aromatic N) is 2. The van der Waals surface area contributed by atoms with Crippen molar-refractivity contribution in [3.05, 3.63) is 53.1 Å². The molecule has 2 aromatic carbocycles. The molecular formula is C22H25N3O4S2. The fourth-order valence-corrected chi connectivity index (χ4v) is 6.35. The first-order chi connectivity index (χ1) is 14.6. The molecule has 1 fully saturated rings. The molecule has 0 spiro atoms. The van der Waals surface area contributed by atoms with Crippen LogP contribution in [0, 0.1) is 13.8 Å². The van der Waals surface area contributed by atoms with Gasteiger partial charge in [0, 0.05) is 18.7 Å². The maximum absolute atomic E-state index is 13.0. The molecule has 0 aliphatic carbocycles. The van der Waals surface area contributed by atoms with Crippen molar-refractivity contribution in [2.45, 2.75) is 44.8 Å². The minimum Gasteiger partial charge on any atom is -0.373 e. The average Bonchev–Trinajstić information content (AvgIpc) is 3.10. The highest BCUT2D eigenvalue weighted by molar-refractivity contribution is 7.89. The number of ether oxygens (including phenoxy) is 1. The summed E-state index contributed by atoms with van der Waals surface area (Å²) in [6.45, 7) is 8.37. The maximum atomic E-state index is 13.0. The number of carbonyl (C=O) groups is 1. The van der Waals surface area contributed by atoms with Gasteiger partial charge in [-0.25, -0.2) is 13.4 Å². The first-order valence-electron chi connectivity index (χ1n) is 10.1. The molecule has 2 atom stereocenters. The van der Waals surface area contributed by atoms with Crippen molar-refractivity contribution in [3.63, 3.8) is 0 Å². The largest absolute Gasteiger partial charge is 0.373 e. The first kappa shape index (κ1) is 21.9. The molecule has 1 saturated heterocycles. The number of thiazole rings is 1. The third-order valence-corrected chi connectivity index (χ3v) is 8.15. The lowest BCUT2D eigenvalue weighted by Gasteiger charge is -2.34. The molecule has 0 saturated carbocycles. The lowest BCUT2D eigenvalue weighted by atomic mass is 10.1. The SMILES string of the molecule is Cc1cc(C)c2sc(NC(=O)c3ccc(S(=O)(=O)N4CC(C)OC(C)C4)cc3)nc2c1. The molecule has 0 bridgehead atoms.